The summed E-state index contributed by atoms with van der Waals surface area (Å²) < 4.78 is 4.64. The largest absolute Gasteiger partial charge is 0.468 e. The maximum Gasteiger partial charge on any atom is 0.325 e. The second kappa shape index (κ2) is 3.70. The highest BCUT2D eigenvalue weighted by Gasteiger charge is 2.20. The number of rotatable bonds is 2. The summed E-state index contributed by atoms with van der Waals surface area (Å²) in [7, 11) is 1.41. The van der Waals surface area contributed by atoms with Crippen LogP contribution in [0.5, 0.6) is 0 Å². The molecule has 1 aliphatic rings. The molecule has 0 N–H and O–H groups in total. The van der Waals surface area contributed by atoms with Crippen molar-refractivity contribution >= 4 is 11.7 Å². The van der Waals surface area contributed by atoms with Crippen LogP contribution in [-0.2, 0) is 16.0 Å². The van der Waals surface area contributed by atoms with Crippen LogP contribution in [0.1, 0.15) is 5.56 Å². The van der Waals surface area contributed by atoms with Crippen LogP contribution < -0.4 is 4.90 Å². The molecule has 0 aromatic heterocycles. The fourth-order valence-corrected chi connectivity index (χ4v) is 1.72. The topological polar surface area (TPSA) is 29.5 Å². The molecular weight excluding hydrogens is 178 g/mol. The Balaban J connectivity index is 2.14. The molecule has 2 rings (SSSR count). The summed E-state index contributed by atoms with van der Waals surface area (Å²) in [5.74, 6) is -0.193. The van der Waals surface area contributed by atoms with E-state index in [1.54, 1.807) is 0 Å². The molecule has 0 unspecified atom stereocenters. The first kappa shape index (κ1) is 9.06. The number of hydrogen-bond donors (Lipinski definition) is 0. The minimum Gasteiger partial charge on any atom is -0.468 e. The van der Waals surface area contributed by atoms with Gasteiger partial charge in [-0.2, -0.15) is 0 Å². The van der Waals surface area contributed by atoms with Crippen molar-refractivity contribution in [3.8, 4) is 0 Å². The maximum atomic E-state index is 11.1. The average Bonchev–Trinajstić information content (AvgIpc) is 2.62. The van der Waals surface area contributed by atoms with Gasteiger partial charge in [-0.15, -0.1) is 0 Å². The Kier molecular flexibility index (Phi) is 2.39. The SMILES string of the molecule is COC(=O)CN1CCc2cc[c]cc21. The van der Waals surface area contributed by atoms with Crippen LogP contribution in [0.15, 0.2) is 18.2 Å². The monoisotopic (exact) mass is 190 g/mol. The number of nitrogens with zero attached hydrogens (tertiary/aromatic N) is 1. The zero-order chi connectivity index (χ0) is 9.97. The van der Waals surface area contributed by atoms with Crippen molar-refractivity contribution in [1.82, 2.24) is 0 Å². The number of fused-ring (bicyclic) bond motifs is 1. The number of carbonyl (C=O) groups is 1. The molecule has 73 valence electrons. The number of methoxy groups -OCH3 is 1. The molecule has 0 saturated heterocycles. The van der Waals surface area contributed by atoms with Gasteiger partial charge in [0.2, 0.25) is 0 Å². The Labute approximate surface area is 83.3 Å². The molecule has 0 fully saturated rings. The second-order valence-electron chi connectivity index (χ2n) is 3.30. The minimum atomic E-state index is -0.193. The Morgan fingerprint density at radius 1 is 1.71 bits per heavy atom. The highest BCUT2D eigenvalue weighted by atomic mass is 16.5. The van der Waals surface area contributed by atoms with E-state index >= 15 is 0 Å². The predicted octanol–water partition coefficient (Wildman–Crippen LogP) is 1.02. The molecule has 0 bridgehead atoms. The molecule has 1 aliphatic heterocycles. The van der Waals surface area contributed by atoms with E-state index in [4.69, 9.17) is 0 Å². The van der Waals surface area contributed by atoms with Gasteiger partial charge in [-0.25, -0.2) is 0 Å². The molecule has 1 heterocycles. The van der Waals surface area contributed by atoms with Gasteiger partial charge >= 0.3 is 5.97 Å². The zero-order valence-electron chi connectivity index (χ0n) is 8.12. The van der Waals surface area contributed by atoms with E-state index in [-0.39, 0.29) is 5.97 Å². The van der Waals surface area contributed by atoms with E-state index in [9.17, 15) is 4.79 Å². The molecule has 1 aromatic rings. The van der Waals surface area contributed by atoms with Crippen molar-refractivity contribution in [2.75, 3.05) is 25.1 Å². The van der Waals surface area contributed by atoms with Crippen molar-refractivity contribution in [3.05, 3.63) is 29.8 Å². The lowest BCUT2D eigenvalue weighted by molar-refractivity contribution is -0.138. The number of benzene rings is 1. The Morgan fingerprint density at radius 2 is 2.57 bits per heavy atom. The Hall–Kier alpha value is -1.51. The third-order valence-corrected chi connectivity index (χ3v) is 2.47. The molecule has 14 heavy (non-hydrogen) atoms. The van der Waals surface area contributed by atoms with Gasteiger partial charge in [0.25, 0.3) is 0 Å². The fourth-order valence-electron chi connectivity index (χ4n) is 1.72. The molecule has 1 aromatic carbocycles. The van der Waals surface area contributed by atoms with Gasteiger partial charge in [0.15, 0.2) is 0 Å². The summed E-state index contributed by atoms with van der Waals surface area (Å²) in [6.07, 6.45) is 1.00. The summed E-state index contributed by atoms with van der Waals surface area (Å²) in [4.78, 5) is 13.1. The predicted molar refractivity (Wildman–Crippen MR) is 53.2 cm³/mol. The second-order valence-corrected chi connectivity index (χ2v) is 3.30. The van der Waals surface area contributed by atoms with Gasteiger partial charge in [-0.3, -0.25) is 4.79 Å². The zero-order valence-corrected chi connectivity index (χ0v) is 8.12. The van der Waals surface area contributed by atoms with E-state index in [0.29, 0.717) is 6.54 Å². The quantitative estimate of drug-likeness (QED) is 0.652. The summed E-state index contributed by atoms with van der Waals surface area (Å²) in [5.41, 5.74) is 2.39. The van der Waals surface area contributed by atoms with Crippen LogP contribution in [0.3, 0.4) is 0 Å². The average molecular weight is 190 g/mol. The van der Waals surface area contributed by atoms with Crippen molar-refractivity contribution in [2.24, 2.45) is 0 Å². The number of carbonyl (C=O) groups excluding carboxylic acids is 1. The summed E-state index contributed by atoms with van der Waals surface area (Å²) in [6, 6.07) is 8.89. The van der Waals surface area contributed by atoms with E-state index in [2.05, 4.69) is 10.8 Å². The van der Waals surface area contributed by atoms with Crippen molar-refractivity contribution < 1.29 is 9.53 Å². The van der Waals surface area contributed by atoms with Gasteiger partial charge < -0.3 is 9.64 Å². The van der Waals surface area contributed by atoms with Crippen molar-refractivity contribution in [1.29, 1.82) is 0 Å². The summed E-state index contributed by atoms with van der Waals surface area (Å²) in [5, 5.41) is 0. The fraction of sp³-hybridized carbons (Fsp3) is 0.364. The molecule has 0 aliphatic carbocycles. The molecule has 1 radical (unpaired) electrons. The third-order valence-electron chi connectivity index (χ3n) is 2.47. The van der Waals surface area contributed by atoms with Crippen molar-refractivity contribution in [2.45, 2.75) is 6.42 Å². The maximum absolute atomic E-state index is 11.1. The minimum absolute atomic E-state index is 0.193. The number of esters is 1. The van der Waals surface area contributed by atoms with Crippen LogP contribution in [0, 0.1) is 6.07 Å². The van der Waals surface area contributed by atoms with Gasteiger partial charge in [0, 0.05) is 12.2 Å². The molecule has 3 heteroatoms. The summed E-state index contributed by atoms with van der Waals surface area (Å²) in [6.45, 7) is 1.23. The van der Waals surface area contributed by atoms with Crippen LogP contribution in [0.25, 0.3) is 0 Å². The highest BCUT2D eigenvalue weighted by molar-refractivity contribution is 5.77. The van der Waals surface area contributed by atoms with Gasteiger partial charge in [0.1, 0.15) is 6.54 Å². The molecule has 0 spiro atoms. The highest BCUT2D eigenvalue weighted by Crippen LogP contribution is 2.26. The Bertz CT molecular complexity index is 349. The van der Waals surface area contributed by atoms with Gasteiger partial charge in [-0.05, 0) is 24.1 Å². The van der Waals surface area contributed by atoms with E-state index < -0.39 is 0 Å². The van der Waals surface area contributed by atoms with Crippen LogP contribution >= 0.6 is 0 Å². The van der Waals surface area contributed by atoms with E-state index in [1.165, 1.54) is 12.7 Å². The van der Waals surface area contributed by atoms with Crippen LogP contribution in [0.4, 0.5) is 5.69 Å². The summed E-state index contributed by atoms with van der Waals surface area (Å²) >= 11 is 0. The first-order valence-electron chi connectivity index (χ1n) is 4.62. The van der Waals surface area contributed by atoms with Gasteiger partial charge in [0.05, 0.1) is 7.11 Å². The number of anilines is 1. The lowest BCUT2D eigenvalue weighted by Crippen LogP contribution is -2.28. The van der Waals surface area contributed by atoms with Crippen LogP contribution in [-0.4, -0.2) is 26.2 Å². The van der Waals surface area contributed by atoms with E-state index in [0.717, 1.165) is 18.7 Å². The molecule has 0 saturated carbocycles. The molecular formula is C11H12NO2. The van der Waals surface area contributed by atoms with Crippen molar-refractivity contribution in [3.63, 3.8) is 0 Å². The lowest BCUT2D eigenvalue weighted by atomic mass is 10.2. The number of hydrogen-bond acceptors (Lipinski definition) is 3. The number of ether oxygens (including phenoxy) is 1. The molecule has 3 nitrogen and oxygen atoms in total. The third kappa shape index (κ3) is 1.58. The Morgan fingerprint density at radius 3 is 3.36 bits per heavy atom. The smallest absolute Gasteiger partial charge is 0.325 e. The van der Waals surface area contributed by atoms with Crippen LogP contribution in [0.2, 0.25) is 0 Å². The molecule has 0 amide bonds. The first-order valence-corrected chi connectivity index (χ1v) is 4.62. The molecule has 0 atom stereocenters. The normalized spacial score (nSPS) is 13.9. The first-order chi connectivity index (χ1) is 6.81. The van der Waals surface area contributed by atoms with Gasteiger partial charge in [-0.1, -0.05) is 12.1 Å². The lowest BCUT2D eigenvalue weighted by Gasteiger charge is -2.17. The van der Waals surface area contributed by atoms with E-state index in [1.807, 2.05) is 23.1 Å². The standard InChI is InChI=1S/C11H12NO2/c1-14-11(13)8-12-7-6-9-4-2-3-5-10(9)12/h2,4-5H,6-8H2,1H3.